The zero-order chi connectivity index (χ0) is 26.5. The minimum absolute atomic E-state index is 0.0247. The molecule has 1 atom stereocenters. The van der Waals surface area contributed by atoms with Gasteiger partial charge in [0.15, 0.2) is 5.82 Å². The van der Waals surface area contributed by atoms with E-state index in [-0.39, 0.29) is 17.3 Å². The van der Waals surface area contributed by atoms with Crippen molar-refractivity contribution in [2.45, 2.75) is 83.1 Å². The fourth-order valence-corrected chi connectivity index (χ4v) is 7.18. The highest BCUT2D eigenvalue weighted by Gasteiger charge is 2.39. The number of thiazole rings is 1. The Hall–Kier alpha value is -2.88. The SMILES string of the molecule is CN(c1ccc(-c2ccc(-c3cnn(C4CCCCO4)c3)c3ncsc23)nn1)C1CC(C)(C)NC(C)(C)C1. The molecule has 0 saturated carbocycles. The number of hydrogen-bond donors (Lipinski definition) is 1. The normalized spacial score (nSPS) is 21.6. The van der Waals surface area contributed by atoms with Crippen molar-refractivity contribution in [2.75, 3.05) is 18.6 Å². The number of anilines is 1. The third kappa shape index (κ3) is 4.95. The molecule has 4 aromatic rings. The predicted octanol–water partition coefficient (Wildman–Crippen LogP) is 6.06. The second-order valence-corrected chi connectivity index (χ2v) is 12.9. The molecular formula is C29H37N7OS. The molecule has 1 N–H and O–H groups in total. The molecule has 2 aliphatic rings. The molecule has 38 heavy (non-hydrogen) atoms. The van der Waals surface area contributed by atoms with Crippen LogP contribution in [-0.4, -0.2) is 55.7 Å². The smallest absolute Gasteiger partial charge is 0.151 e. The second-order valence-electron chi connectivity index (χ2n) is 12.1. The van der Waals surface area contributed by atoms with Crippen molar-refractivity contribution < 1.29 is 4.74 Å². The fourth-order valence-electron chi connectivity index (χ4n) is 6.34. The zero-order valence-corrected chi connectivity index (χ0v) is 23.8. The van der Waals surface area contributed by atoms with E-state index in [1.807, 2.05) is 16.4 Å². The summed E-state index contributed by atoms with van der Waals surface area (Å²) in [5.41, 5.74) is 7.08. The van der Waals surface area contributed by atoms with Gasteiger partial charge in [0.05, 0.1) is 27.6 Å². The summed E-state index contributed by atoms with van der Waals surface area (Å²) in [5, 5.41) is 17.7. The molecule has 0 bridgehead atoms. The fraction of sp³-hybridized carbons (Fsp3) is 0.517. The van der Waals surface area contributed by atoms with Crippen LogP contribution in [0.4, 0.5) is 5.82 Å². The lowest BCUT2D eigenvalue weighted by Crippen LogP contribution is -2.62. The number of hydrogen-bond acceptors (Lipinski definition) is 8. The first-order valence-corrected chi connectivity index (χ1v) is 14.5. The third-order valence-corrected chi connectivity index (χ3v) is 8.71. The molecule has 0 amide bonds. The summed E-state index contributed by atoms with van der Waals surface area (Å²) < 4.78 is 8.98. The highest BCUT2D eigenvalue weighted by molar-refractivity contribution is 7.17. The number of nitrogens with one attached hydrogen (secondary N) is 1. The van der Waals surface area contributed by atoms with E-state index in [1.165, 1.54) is 6.42 Å². The van der Waals surface area contributed by atoms with Gasteiger partial charge in [0.1, 0.15) is 6.23 Å². The van der Waals surface area contributed by atoms with Gasteiger partial charge in [0.2, 0.25) is 0 Å². The van der Waals surface area contributed by atoms with Gasteiger partial charge in [0, 0.05) is 53.7 Å². The maximum Gasteiger partial charge on any atom is 0.151 e. The van der Waals surface area contributed by atoms with Crippen LogP contribution in [0, 0.1) is 0 Å². The van der Waals surface area contributed by atoms with Crippen LogP contribution in [0.5, 0.6) is 0 Å². The van der Waals surface area contributed by atoms with E-state index in [0.29, 0.717) is 6.04 Å². The molecule has 0 aliphatic carbocycles. The Labute approximate surface area is 228 Å². The molecule has 200 valence electrons. The van der Waals surface area contributed by atoms with Gasteiger partial charge in [-0.2, -0.15) is 5.10 Å². The van der Waals surface area contributed by atoms with Crippen molar-refractivity contribution >= 4 is 27.4 Å². The molecule has 2 aliphatic heterocycles. The van der Waals surface area contributed by atoms with Crippen LogP contribution in [-0.2, 0) is 4.74 Å². The van der Waals surface area contributed by atoms with E-state index >= 15 is 0 Å². The maximum atomic E-state index is 5.91. The number of benzene rings is 1. The average Bonchev–Trinajstić information content (AvgIpc) is 3.57. The summed E-state index contributed by atoms with van der Waals surface area (Å²) in [6.07, 6.45) is 9.44. The highest BCUT2D eigenvalue weighted by Crippen LogP contribution is 2.38. The van der Waals surface area contributed by atoms with E-state index in [9.17, 15) is 0 Å². The Kier molecular flexibility index (Phi) is 6.48. The van der Waals surface area contributed by atoms with Gasteiger partial charge in [0.25, 0.3) is 0 Å². The van der Waals surface area contributed by atoms with E-state index in [1.54, 1.807) is 11.3 Å². The molecule has 1 aromatic carbocycles. The summed E-state index contributed by atoms with van der Waals surface area (Å²) >= 11 is 1.64. The summed E-state index contributed by atoms with van der Waals surface area (Å²) in [6.45, 7) is 9.92. The number of ether oxygens (including phenoxy) is 1. The number of piperidine rings is 1. The quantitative estimate of drug-likeness (QED) is 0.335. The van der Waals surface area contributed by atoms with Crippen LogP contribution in [0.1, 0.15) is 66.0 Å². The zero-order valence-electron chi connectivity index (χ0n) is 22.9. The summed E-state index contributed by atoms with van der Waals surface area (Å²) in [7, 11) is 2.14. The average molecular weight is 532 g/mol. The first kappa shape index (κ1) is 25.4. The number of fused-ring (bicyclic) bond motifs is 1. The number of rotatable bonds is 5. The van der Waals surface area contributed by atoms with Crippen molar-refractivity contribution in [3.05, 3.63) is 42.2 Å². The summed E-state index contributed by atoms with van der Waals surface area (Å²) in [4.78, 5) is 7.02. The van der Waals surface area contributed by atoms with Crippen LogP contribution in [0.2, 0.25) is 0 Å². The largest absolute Gasteiger partial charge is 0.357 e. The Balaban J connectivity index is 1.25. The lowest BCUT2D eigenvalue weighted by Gasteiger charge is -2.49. The summed E-state index contributed by atoms with van der Waals surface area (Å²) in [6, 6.07) is 8.84. The van der Waals surface area contributed by atoms with Gasteiger partial charge < -0.3 is 15.0 Å². The van der Waals surface area contributed by atoms with Crippen molar-refractivity contribution in [3.8, 4) is 22.4 Å². The molecule has 0 spiro atoms. The van der Waals surface area contributed by atoms with Gasteiger partial charge in [-0.15, -0.1) is 21.5 Å². The highest BCUT2D eigenvalue weighted by atomic mass is 32.1. The molecule has 5 heterocycles. The van der Waals surface area contributed by atoms with Crippen LogP contribution >= 0.6 is 11.3 Å². The molecule has 1 unspecified atom stereocenters. The minimum atomic E-state index is 0.0247. The van der Waals surface area contributed by atoms with Gasteiger partial charge in [-0.3, -0.25) is 0 Å². The van der Waals surface area contributed by atoms with Crippen molar-refractivity contribution in [1.82, 2.24) is 30.3 Å². The van der Waals surface area contributed by atoms with Gasteiger partial charge in [-0.05, 0) is 71.9 Å². The van der Waals surface area contributed by atoms with Crippen LogP contribution in [0.15, 0.2) is 42.2 Å². The standard InChI is InChI=1S/C29H37N7OS/c1-28(2)14-20(15-29(3,4)34-28)35(5)24-12-11-23(32-33-24)22-10-9-21(26-27(22)38-18-30-26)19-16-31-36(17-19)25-8-6-7-13-37-25/h9-12,16-18,20,25,34H,6-8,13-15H2,1-5H3. The molecule has 9 heteroatoms. The van der Waals surface area contributed by atoms with E-state index in [2.05, 4.69) is 90.7 Å². The predicted molar refractivity (Wildman–Crippen MR) is 153 cm³/mol. The van der Waals surface area contributed by atoms with Crippen LogP contribution < -0.4 is 10.2 Å². The molecule has 6 rings (SSSR count). The summed E-state index contributed by atoms with van der Waals surface area (Å²) in [5.74, 6) is 0.904. The van der Waals surface area contributed by atoms with Crippen LogP contribution in [0.3, 0.4) is 0 Å². The lowest BCUT2D eigenvalue weighted by atomic mass is 9.79. The molecule has 8 nitrogen and oxygen atoms in total. The Morgan fingerprint density at radius 1 is 1.03 bits per heavy atom. The Bertz CT molecular complexity index is 1400. The third-order valence-electron chi connectivity index (χ3n) is 7.85. The molecule has 3 aromatic heterocycles. The molecule has 2 fully saturated rings. The molecule has 0 radical (unpaired) electrons. The van der Waals surface area contributed by atoms with Crippen LogP contribution in [0.25, 0.3) is 32.6 Å². The van der Waals surface area contributed by atoms with Crippen molar-refractivity contribution in [3.63, 3.8) is 0 Å². The molecular weight excluding hydrogens is 494 g/mol. The number of aromatic nitrogens is 5. The van der Waals surface area contributed by atoms with Gasteiger partial charge in [-0.1, -0.05) is 12.1 Å². The topological polar surface area (TPSA) is 81.0 Å². The molecule has 2 saturated heterocycles. The Morgan fingerprint density at radius 3 is 2.53 bits per heavy atom. The van der Waals surface area contributed by atoms with E-state index in [0.717, 1.165) is 70.7 Å². The van der Waals surface area contributed by atoms with Crippen molar-refractivity contribution in [1.29, 1.82) is 0 Å². The second kappa shape index (κ2) is 9.70. The van der Waals surface area contributed by atoms with E-state index in [4.69, 9.17) is 9.72 Å². The number of nitrogens with zero attached hydrogens (tertiary/aromatic N) is 6. The van der Waals surface area contributed by atoms with Gasteiger partial charge in [-0.25, -0.2) is 9.67 Å². The van der Waals surface area contributed by atoms with Crippen molar-refractivity contribution in [2.24, 2.45) is 0 Å². The van der Waals surface area contributed by atoms with E-state index < -0.39 is 0 Å². The Morgan fingerprint density at radius 2 is 1.82 bits per heavy atom. The monoisotopic (exact) mass is 531 g/mol. The van der Waals surface area contributed by atoms with Gasteiger partial charge >= 0.3 is 0 Å². The first-order chi connectivity index (χ1) is 18.2. The minimum Gasteiger partial charge on any atom is -0.357 e. The lowest BCUT2D eigenvalue weighted by molar-refractivity contribution is -0.0394. The maximum absolute atomic E-state index is 5.91. The first-order valence-electron chi connectivity index (χ1n) is 13.6.